The maximum atomic E-state index is 12.9. The molecule has 1 amide bonds. The Morgan fingerprint density at radius 3 is 2.56 bits per heavy atom. The van der Waals surface area contributed by atoms with E-state index in [-0.39, 0.29) is 6.42 Å². The summed E-state index contributed by atoms with van der Waals surface area (Å²) in [5.74, 6) is -6.69. The van der Waals surface area contributed by atoms with E-state index in [0.717, 1.165) is 11.3 Å². The molecule has 0 aliphatic rings. The molecule has 0 saturated carbocycles. The molecule has 1 atom stereocenters. The minimum absolute atomic E-state index is 0.256. The Kier molecular flexibility index (Phi) is 4.31. The van der Waals surface area contributed by atoms with Crippen LogP contribution in [0.25, 0.3) is 0 Å². The van der Waals surface area contributed by atoms with Gasteiger partial charge in [-0.2, -0.15) is 8.78 Å². The van der Waals surface area contributed by atoms with Gasteiger partial charge >= 0.3 is 12.3 Å². The molecule has 1 N–H and O–H groups in total. The minimum atomic E-state index is -4.70. The minimum Gasteiger partial charge on any atom is -0.339 e. The van der Waals surface area contributed by atoms with Gasteiger partial charge in [0.25, 0.3) is 5.91 Å². The fraction of sp³-hybridized carbons (Fsp3) is 0.600. The molecule has 0 fully saturated rings. The quantitative estimate of drug-likeness (QED) is 0.845. The Hall–Kier alpha value is -1.18. The molecule has 0 radical (unpaired) electrons. The number of rotatable bonds is 5. The van der Waals surface area contributed by atoms with Gasteiger partial charge in [0.2, 0.25) is 0 Å². The number of nitrogens with one attached hydrogen (secondary N) is 1. The van der Waals surface area contributed by atoms with E-state index in [4.69, 9.17) is 0 Å². The topological polar surface area (TPSA) is 42.0 Å². The Balaban J connectivity index is 2.91. The summed E-state index contributed by atoms with van der Waals surface area (Å²) in [5, 5.41) is 3.95. The molecule has 3 nitrogen and oxygen atoms in total. The average Bonchev–Trinajstić information content (AvgIpc) is 2.82. The molecule has 0 aliphatic carbocycles. The number of hydrogen-bond acceptors (Lipinski definition) is 3. The number of nitrogens with zero attached hydrogens (tertiary/aromatic N) is 1. The van der Waals surface area contributed by atoms with Crippen molar-refractivity contribution in [3.8, 4) is 0 Å². The van der Waals surface area contributed by atoms with Crippen LogP contribution < -0.4 is 5.32 Å². The monoisotopic (exact) mass is 284 g/mol. The zero-order chi connectivity index (χ0) is 14.0. The highest BCUT2D eigenvalue weighted by Gasteiger charge is 2.50. The summed E-state index contributed by atoms with van der Waals surface area (Å²) in [6.07, 6.45) is -2.33. The van der Waals surface area contributed by atoms with E-state index in [0.29, 0.717) is 5.01 Å². The van der Waals surface area contributed by atoms with Crippen LogP contribution in [-0.2, 0) is 10.3 Å². The Labute approximate surface area is 105 Å². The van der Waals surface area contributed by atoms with Crippen LogP contribution in [-0.4, -0.2) is 23.2 Å². The van der Waals surface area contributed by atoms with Crippen molar-refractivity contribution in [2.45, 2.75) is 38.2 Å². The first-order valence-corrected chi connectivity index (χ1v) is 6.00. The van der Waals surface area contributed by atoms with Crippen molar-refractivity contribution in [2.24, 2.45) is 0 Å². The van der Waals surface area contributed by atoms with Crippen molar-refractivity contribution in [1.82, 2.24) is 10.3 Å². The summed E-state index contributed by atoms with van der Waals surface area (Å²) in [7, 11) is 0. The van der Waals surface area contributed by atoms with Gasteiger partial charge in [0.05, 0.1) is 5.54 Å². The third-order valence-electron chi connectivity index (χ3n) is 2.58. The highest BCUT2D eigenvalue weighted by molar-refractivity contribution is 7.09. The van der Waals surface area contributed by atoms with E-state index in [1.807, 2.05) is 5.32 Å². The Bertz CT molecular complexity index is 410. The second-order valence-corrected chi connectivity index (χ2v) is 4.80. The summed E-state index contributed by atoms with van der Waals surface area (Å²) in [4.78, 5) is 15.1. The summed E-state index contributed by atoms with van der Waals surface area (Å²) < 4.78 is 49.9. The van der Waals surface area contributed by atoms with Crippen LogP contribution >= 0.6 is 11.3 Å². The van der Waals surface area contributed by atoms with Gasteiger partial charge in [-0.3, -0.25) is 4.79 Å². The molecular weight excluding hydrogens is 272 g/mol. The number of thiazole rings is 1. The van der Waals surface area contributed by atoms with Crippen LogP contribution in [0.1, 0.15) is 25.3 Å². The number of hydrogen-bond donors (Lipinski definition) is 1. The lowest BCUT2D eigenvalue weighted by Gasteiger charge is -2.29. The molecule has 1 unspecified atom stereocenters. The van der Waals surface area contributed by atoms with Crippen molar-refractivity contribution in [2.75, 3.05) is 0 Å². The van der Waals surface area contributed by atoms with Gasteiger partial charge < -0.3 is 5.32 Å². The highest BCUT2D eigenvalue weighted by Crippen LogP contribution is 2.29. The first-order chi connectivity index (χ1) is 8.24. The maximum absolute atomic E-state index is 12.9. The Morgan fingerprint density at radius 1 is 1.56 bits per heavy atom. The SMILES string of the molecule is CCC(C)(NC(=O)C(F)(F)C(F)F)c1nccs1. The van der Waals surface area contributed by atoms with Gasteiger partial charge in [-0.05, 0) is 13.3 Å². The molecule has 1 aromatic rings. The zero-order valence-corrected chi connectivity index (χ0v) is 10.5. The lowest BCUT2D eigenvalue weighted by atomic mass is 9.99. The van der Waals surface area contributed by atoms with Crippen LogP contribution in [0.4, 0.5) is 17.6 Å². The zero-order valence-electron chi connectivity index (χ0n) is 9.71. The molecule has 1 aromatic heterocycles. The third kappa shape index (κ3) is 2.80. The van der Waals surface area contributed by atoms with Crippen LogP contribution in [0.15, 0.2) is 11.6 Å². The number of amides is 1. The normalized spacial score (nSPS) is 15.5. The molecule has 1 heterocycles. The van der Waals surface area contributed by atoms with Gasteiger partial charge in [-0.15, -0.1) is 11.3 Å². The number of carbonyl (C=O) groups is 1. The van der Waals surface area contributed by atoms with Crippen LogP contribution in [0.5, 0.6) is 0 Å². The van der Waals surface area contributed by atoms with Gasteiger partial charge in [0.1, 0.15) is 5.01 Å². The van der Waals surface area contributed by atoms with Gasteiger partial charge in [0, 0.05) is 11.6 Å². The van der Waals surface area contributed by atoms with Crippen LogP contribution in [0.2, 0.25) is 0 Å². The molecule has 18 heavy (non-hydrogen) atoms. The molecule has 0 saturated heterocycles. The second-order valence-electron chi connectivity index (χ2n) is 3.90. The summed E-state index contributed by atoms with van der Waals surface area (Å²) in [6, 6.07) is 0. The molecular formula is C10H12F4N2OS. The Morgan fingerprint density at radius 2 is 2.17 bits per heavy atom. The number of carbonyl (C=O) groups excluding carboxylic acids is 1. The lowest BCUT2D eigenvalue weighted by Crippen LogP contribution is -2.52. The first-order valence-electron chi connectivity index (χ1n) is 5.12. The maximum Gasteiger partial charge on any atom is 0.383 e. The fourth-order valence-corrected chi connectivity index (χ4v) is 2.05. The second kappa shape index (κ2) is 5.21. The van der Waals surface area contributed by atoms with Crippen molar-refractivity contribution >= 4 is 17.2 Å². The standard InChI is InChI=1S/C10H12F4N2OS/c1-3-9(2,8-15-4-5-18-8)16-7(17)10(13,14)6(11)12/h4-6H,3H2,1-2H3,(H,16,17). The summed E-state index contributed by atoms with van der Waals surface area (Å²) >= 11 is 1.16. The summed E-state index contributed by atoms with van der Waals surface area (Å²) in [5.41, 5.74) is -1.18. The van der Waals surface area contributed by atoms with Gasteiger partial charge in [-0.25, -0.2) is 13.8 Å². The molecule has 0 bridgehead atoms. The third-order valence-corrected chi connectivity index (χ3v) is 3.61. The van der Waals surface area contributed by atoms with Crippen LogP contribution in [0.3, 0.4) is 0 Å². The van der Waals surface area contributed by atoms with E-state index >= 15 is 0 Å². The van der Waals surface area contributed by atoms with Crippen molar-refractivity contribution < 1.29 is 22.4 Å². The molecule has 0 aliphatic heterocycles. The predicted molar refractivity (Wildman–Crippen MR) is 58.9 cm³/mol. The molecule has 1 rings (SSSR count). The molecule has 8 heteroatoms. The first kappa shape index (κ1) is 14.9. The fourth-order valence-electron chi connectivity index (χ4n) is 1.22. The number of aromatic nitrogens is 1. The number of alkyl halides is 4. The van der Waals surface area contributed by atoms with E-state index in [9.17, 15) is 22.4 Å². The number of halogens is 4. The van der Waals surface area contributed by atoms with E-state index in [1.54, 1.807) is 12.3 Å². The van der Waals surface area contributed by atoms with Gasteiger partial charge in [-0.1, -0.05) is 6.92 Å². The van der Waals surface area contributed by atoms with Gasteiger partial charge in [0.15, 0.2) is 0 Å². The van der Waals surface area contributed by atoms with E-state index in [2.05, 4.69) is 4.98 Å². The predicted octanol–water partition coefficient (Wildman–Crippen LogP) is 2.78. The van der Waals surface area contributed by atoms with Crippen molar-refractivity contribution in [1.29, 1.82) is 0 Å². The van der Waals surface area contributed by atoms with Crippen molar-refractivity contribution in [3.05, 3.63) is 16.6 Å². The van der Waals surface area contributed by atoms with E-state index < -0.39 is 23.8 Å². The lowest BCUT2D eigenvalue weighted by molar-refractivity contribution is -0.171. The smallest absolute Gasteiger partial charge is 0.339 e. The summed E-state index contributed by atoms with van der Waals surface area (Å²) in [6.45, 7) is 3.10. The highest BCUT2D eigenvalue weighted by atomic mass is 32.1. The molecule has 0 spiro atoms. The van der Waals surface area contributed by atoms with Crippen molar-refractivity contribution in [3.63, 3.8) is 0 Å². The molecule has 0 aromatic carbocycles. The average molecular weight is 284 g/mol. The van der Waals surface area contributed by atoms with Crippen LogP contribution in [0, 0.1) is 0 Å². The molecule has 102 valence electrons. The van der Waals surface area contributed by atoms with E-state index in [1.165, 1.54) is 13.1 Å². The largest absolute Gasteiger partial charge is 0.383 e.